The second-order valence-electron chi connectivity index (χ2n) is 10.5. The summed E-state index contributed by atoms with van der Waals surface area (Å²) in [5.74, 6) is -4.96. The standard InChI is InChI=1S/C28H22BrCl3N2O5/c1-13-2-5-15(10-20(13)30)34-23(36)18-9-8-17-19(21(18)24(34)37)11-27(31)25(38)33(12-29)26(39)28(27,32)22(17)14-3-6-16(35)7-4-14/h2-8,10,18-19,21-22,35H,9,11-12H2,1H3/t18-,19+,21-,22-,27+,28-/m0/s1. The van der Waals surface area contributed by atoms with E-state index in [1.165, 1.54) is 17.0 Å². The van der Waals surface area contributed by atoms with Crippen LogP contribution in [-0.2, 0) is 19.2 Å². The number of halogens is 4. The Hall–Kier alpha value is -2.39. The smallest absolute Gasteiger partial charge is 0.254 e. The molecule has 0 spiro atoms. The number of phenols is 1. The number of hydrogen-bond donors (Lipinski definition) is 1. The number of hydrogen-bond acceptors (Lipinski definition) is 5. The van der Waals surface area contributed by atoms with Crippen molar-refractivity contribution >= 4 is 80.0 Å². The lowest BCUT2D eigenvalue weighted by atomic mass is 9.56. The summed E-state index contributed by atoms with van der Waals surface area (Å²) in [4.78, 5) is 53.4. The number of aryl methyl sites for hydroxylation is 1. The molecule has 11 heteroatoms. The molecule has 2 aromatic carbocycles. The minimum Gasteiger partial charge on any atom is -0.508 e. The Bertz CT molecular complexity index is 1500. The maximum atomic E-state index is 14.0. The number of carbonyl (C=O) groups is 4. The van der Waals surface area contributed by atoms with Crippen LogP contribution in [0.2, 0.25) is 5.02 Å². The Kier molecular flexibility index (Phi) is 6.23. The van der Waals surface area contributed by atoms with Crippen molar-refractivity contribution in [2.45, 2.75) is 35.4 Å². The van der Waals surface area contributed by atoms with Crippen LogP contribution in [0.1, 0.15) is 29.9 Å². The van der Waals surface area contributed by atoms with E-state index in [1.807, 2.05) is 13.0 Å². The number of amides is 4. The molecule has 4 amide bonds. The van der Waals surface area contributed by atoms with E-state index < -0.39 is 51.1 Å². The van der Waals surface area contributed by atoms with Gasteiger partial charge in [0.15, 0.2) is 9.75 Å². The number of benzene rings is 2. The summed E-state index contributed by atoms with van der Waals surface area (Å²) < 4.78 is 0. The zero-order valence-corrected chi connectivity index (χ0v) is 24.4. The summed E-state index contributed by atoms with van der Waals surface area (Å²) in [6, 6.07) is 11.2. The second kappa shape index (κ2) is 9.06. The van der Waals surface area contributed by atoms with Gasteiger partial charge in [-0.25, -0.2) is 4.90 Å². The van der Waals surface area contributed by atoms with Crippen LogP contribution < -0.4 is 4.90 Å². The van der Waals surface area contributed by atoms with Crippen LogP contribution >= 0.6 is 50.7 Å². The predicted octanol–water partition coefficient (Wildman–Crippen LogP) is 5.27. The lowest BCUT2D eigenvalue weighted by Gasteiger charge is -2.50. The second-order valence-corrected chi connectivity index (χ2v) is 12.7. The number of carbonyl (C=O) groups excluding carboxylic acids is 4. The van der Waals surface area contributed by atoms with Crippen molar-refractivity contribution in [3.63, 3.8) is 0 Å². The summed E-state index contributed by atoms with van der Waals surface area (Å²) in [6.45, 7) is 1.83. The number of phenolic OH excluding ortho intramolecular Hbond substituents is 1. The number of rotatable bonds is 3. The number of aromatic hydroxyl groups is 1. The van der Waals surface area contributed by atoms with Gasteiger partial charge < -0.3 is 5.11 Å². The van der Waals surface area contributed by atoms with E-state index >= 15 is 0 Å². The van der Waals surface area contributed by atoms with E-state index in [4.69, 9.17) is 34.8 Å². The predicted molar refractivity (Wildman–Crippen MR) is 150 cm³/mol. The van der Waals surface area contributed by atoms with Gasteiger partial charge in [0.2, 0.25) is 11.8 Å². The third-order valence-corrected chi connectivity index (χ3v) is 11.0. The van der Waals surface area contributed by atoms with Gasteiger partial charge in [0.05, 0.1) is 23.0 Å². The molecule has 6 atom stereocenters. The van der Waals surface area contributed by atoms with Gasteiger partial charge in [0.25, 0.3) is 11.8 Å². The van der Waals surface area contributed by atoms with Gasteiger partial charge in [0, 0.05) is 10.9 Å². The fourth-order valence-electron chi connectivity index (χ4n) is 6.77. The SMILES string of the molecule is Cc1ccc(N2C(=O)[C@H]3[C@H](CC=C4[C@H]3C[C@@]3(Cl)C(=O)N(CBr)C(=O)[C@@]3(Cl)[C@H]4c3ccc(O)cc3)C2=O)cc1Cl. The fourth-order valence-corrected chi connectivity index (χ4v) is 8.37. The molecule has 6 rings (SSSR count). The van der Waals surface area contributed by atoms with Crippen LogP contribution in [-0.4, -0.2) is 48.8 Å². The van der Waals surface area contributed by atoms with Crippen molar-refractivity contribution in [3.05, 3.63) is 70.3 Å². The third-order valence-electron chi connectivity index (χ3n) is 8.65. The van der Waals surface area contributed by atoms with Crippen molar-refractivity contribution in [2.75, 3.05) is 10.4 Å². The number of fused-ring (bicyclic) bond motifs is 4. The molecule has 0 unspecified atom stereocenters. The van der Waals surface area contributed by atoms with Crippen molar-refractivity contribution in [3.8, 4) is 5.75 Å². The Morgan fingerprint density at radius 2 is 1.69 bits per heavy atom. The van der Waals surface area contributed by atoms with Gasteiger partial charge >= 0.3 is 0 Å². The van der Waals surface area contributed by atoms with Crippen LogP contribution in [0.5, 0.6) is 5.75 Å². The minimum atomic E-state index is -1.87. The van der Waals surface area contributed by atoms with E-state index in [-0.39, 0.29) is 30.0 Å². The van der Waals surface area contributed by atoms with E-state index in [1.54, 1.807) is 30.3 Å². The lowest BCUT2D eigenvalue weighted by molar-refractivity contribution is -0.138. The molecule has 3 fully saturated rings. The summed E-state index contributed by atoms with van der Waals surface area (Å²) in [5, 5.41) is 10.4. The van der Waals surface area contributed by atoms with Crippen LogP contribution in [0.3, 0.4) is 0 Å². The molecule has 2 aliphatic carbocycles. The zero-order chi connectivity index (χ0) is 28.0. The summed E-state index contributed by atoms with van der Waals surface area (Å²) >= 11 is 23.9. The van der Waals surface area contributed by atoms with Gasteiger partial charge in [-0.05, 0) is 61.1 Å². The van der Waals surface area contributed by atoms with Gasteiger partial charge in [0.1, 0.15) is 5.75 Å². The Morgan fingerprint density at radius 1 is 1.00 bits per heavy atom. The number of nitrogens with zero attached hydrogens (tertiary/aromatic N) is 2. The van der Waals surface area contributed by atoms with Gasteiger partial charge in [-0.15, -0.1) is 23.2 Å². The van der Waals surface area contributed by atoms with Gasteiger partial charge in [-0.3, -0.25) is 24.1 Å². The normalized spacial score (nSPS) is 33.7. The zero-order valence-electron chi connectivity index (χ0n) is 20.5. The highest BCUT2D eigenvalue weighted by Gasteiger charge is 2.76. The molecule has 2 aromatic rings. The highest BCUT2D eigenvalue weighted by atomic mass is 79.9. The van der Waals surface area contributed by atoms with Crippen LogP contribution in [0, 0.1) is 24.7 Å². The number of allylic oxidation sites excluding steroid dienone is 2. The van der Waals surface area contributed by atoms with Crippen LogP contribution in [0.25, 0.3) is 0 Å². The molecule has 2 aliphatic heterocycles. The fraction of sp³-hybridized carbons (Fsp3) is 0.357. The summed E-state index contributed by atoms with van der Waals surface area (Å²) in [6.07, 6.45) is 2.04. The number of imide groups is 2. The van der Waals surface area contributed by atoms with E-state index in [0.29, 0.717) is 21.8 Å². The molecule has 7 nitrogen and oxygen atoms in total. The summed E-state index contributed by atoms with van der Waals surface area (Å²) in [7, 11) is 0. The third kappa shape index (κ3) is 3.47. The average molecular weight is 653 g/mol. The first kappa shape index (κ1) is 26.8. The van der Waals surface area contributed by atoms with Crippen molar-refractivity contribution in [2.24, 2.45) is 17.8 Å². The Morgan fingerprint density at radius 3 is 2.33 bits per heavy atom. The first-order valence-electron chi connectivity index (χ1n) is 12.4. The molecule has 0 aromatic heterocycles. The number of anilines is 1. The van der Waals surface area contributed by atoms with Crippen molar-refractivity contribution in [1.29, 1.82) is 0 Å². The minimum absolute atomic E-state index is 0.0180. The quantitative estimate of drug-likeness (QED) is 0.211. The first-order valence-corrected chi connectivity index (χ1v) is 14.6. The van der Waals surface area contributed by atoms with Crippen molar-refractivity contribution in [1.82, 2.24) is 4.90 Å². The molecule has 202 valence electrons. The number of alkyl halides is 3. The van der Waals surface area contributed by atoms with Gasteiger partial charge in [-0.1, -0.05) is 57.4 Å². The molecule has 1 saturated carbocycles. The van der Waals surface area contributed by atoms with Crippen LogP contribution in [0.15, 0.2) is 54.1 Å². The molecular weight excluding hydrogens is 631 g/mol. The highest BCUT2D eigenvalue weighted by Crippen LogP contribution is 2.65. The molecule has 39 heavy (non-hydrogen) atoms. The molecule has 0 radical (unpaired) electrons. The maximum absolute atomic E-state index is 14.0. The highest BCUT2D eigenvalue weighted by molar-refractivity contribution is 9.09. The molecule has 2 saturated heterocycles. The van der Waals surface area contributed by atoms with Gasteiger partial charge in [-0.2, -0.15) is 0 Å². The topological polar surface area (TPSA) is 95.0 Å². The lowest BCUT2D eigenvalue weighted by Crippen LogP contribution is -2.60. The molecular formula is C28H22BrCl3N2O5. The molecule has 2 heterocycles. The van der Waals surface area contributed by atoms with E-state index in [9.17, 15) is 24.3 Å². The monoisotopic (exact) mass is 650 g/mol. The summed E-state index contributed by atoms with van der Waals surface area (Å²) in [5.41, 5.74) is 2.36. The number of likely N-dealkylation sites (tertiary alicyclic amines) is 1. The average Bonchev–Trinajstić information content (AvgIpc) is 3.24. The molecule has 1 N–H and O–H groups in total. The first-order chi connectivity index (χ1) is 18.5. The Labute approximate surface area is 247 Å². The largest absolute Gasteiger partial charge is 0.508 e. The Balaban J connectivity index is 1.50. The molecule has 0 bridgehead atoms. The molecule has 4 aliphatic rings. The van der Waals surface area contributed by atoms with E-state index in [2.05, 4.69) is 15.9 Å². The van der Waals surface area contributed by atoms with E-state index in [0.717, 1.165) is 10.5 Å². The maximum Gasteiger partial charge on any atom is 0.254 e. The van der Waals surface area contributed by atoms with Crippen molar-refractivity contribution < 1.29 is 24.3 Å². The van der Waals surface area contributed by atoms with Crippen LogP contribution in [0.4, 0.5) is 5.69 Å².